The van der Waals surface area contributed by atoms with Crippen LogP contribution < -0.4 is 9.80 Å². The second-order valence-electron chi connectivity index (χ2n) is 27.1. The quantitative estimate of drug-likeness (QED) is 0.157. The van der Waals surface area contributed by atoms with E-state index in [1.54, 1.807) is 16.7 Å². The number of anilines is 6. The second-order valence-corrected chi connectivity index (χ2v) is 27.1. The standard InChI is InChI=1S/C76H80N2/c1-11-71(3,4)49-33-39-67-63(45-49)73(7,8)60-28-15-17-31-65(60)77(67)51-35-37-58-56(47-51)55-27-23-26-54(70(55)76(58)43-21-14-22-44-76)53-25-24-30-62-69(53)57-48-52(36-38-59(57)75(62)41-19-13-20-42-75)78-66-32-18-16-29-61(66)74(9,10)64-46-50(34-40-68(64)78)72(5,6)12-2/h15-18,23-40,45-48H,11-14,19-22,41-44H2,1-10H3. The van der Waals surface area contributed by atoms with E-state index < -0.39 is 0 Å². The zero-order chi connectivity index (χ0) is 53.7. The van der Waals surface area contributed by atoms with Crippen molar-refractivity contribution in [2.45, 2.75) is 179 Å². The molecule has 0 N–H and O–H groups in total. The summed E-state index contributed by atoms with van der Waals surface area (Å²) in [5, 5.41) is 0. The molecule has 2 spiro atoms. The third kappa shape index (κ3) is 6.86. The third-order valence-electron chi connectivity index (χ3n) is 21.7. The first kappa shape index (κ1) is 49.6. The maximum absolute atomic E-state index is 2.63. The maximum Gasteiger partial charge on any atom is 0.0502 e. The van der Waals surface area contributed by atoms with Crippen molar-refractivity contribution in [1.29, 1.82) is 0 Å². The van der Waals surface area contributed by atoms with Gasteiger partial charge in [-0.3, -0.25) is 0 Å². The van der Waals surface area contributed by atoms with Crippen molar-refractivity contribution in [3.05, 3.63) is 213 Å². The van der Waals surface area contributed by atoms with Crippen LogP contribution in [-0.4, -0.2) is 0 Å². The fourth-order valence-electron chi connectivity index (χ4n) is 16.5. The molecular formula is C76H80N2. The monoisotopic (exact) mass is 1020 g/mol. The normalized spacial score (nSPS) is 18.6. The third-order valence-corrected chi connectivity index (χ3v) is 21.7. The zero-order valence-electron chi connectivity index (χ0n) is 48.4. The van der Waals surface area contributed by atoms with E-state index in [9.17, 15) is 0 Å². The van der Waals surface area contributed by atoms with Gasteiger partial charge in [-0.2, -0.15) is 0 Å². The Labute approximate surface area is 467 Å². The first-order valence-electron chi connectivity index (χ1n) is 30.2. The number of benzene rings is 8. The molecule has 2 heteroatoms. The molecule has 0 saturated heterocycles. The first-order chi connectivity index (χ1) is 37.6. The minimum absolute atomic E-state index is 0.0127. The fraction of sp³-hybridized carbons (Fsp3) is 0.368. The van der Waals surface area contributed by atoms with Crippen LogP contribution in [-0.2, 0) is 32.5 Å². The Hall–Kier alpha value is -6.64. The van der Waals surface area contributed by atoms with Gasteiger partial charge in [-0.05, 0) is 187 Å². The molecule has 0 amide bonds. The summed E-state index contributed by atoms with van der Waals surface area (Å²) in [5.74, 6) is 0. The molecule has 0 atom stereocenters. The zero-order valence-corrected chi connectivity index (χ0v) is 48.4. The Morgan fingerprint density at radius 1 is 0.359 bits per heavy atom. The Balaban J connectivity index is 0.960. The SMILES string of the molecule is CCC(C)(C)c1ccc2c(c1)C(C)(C)c1ccccc1N2c1ccc2c(c1)-c1c(-c3cccc4c3C3(CCCCC3)c3ccc(N5c6ccccc6C(C)(C)c6cc(C(C)(C)CC)ccc65)cc3-4)cccc1C21CCCCC1. The summed E-state index contributed by atoms with van der Waals surface area (Å²) in [7, 11) is 0. The van der Waals surface area contributed by atoms with Crippen LogP contribution in [0.3, 0.4) is 0 Å². The predicted molar refractivity (Wildman–Crippen MR) is 331 cm³/mol. The number of hydrogen-bond donors (Lipinski definition) is 0. The van der Waals surface area contributed by atoms with E-state index in [2.05, 4.69) is 237 Å². The van der Waals surface area contributed by atoms with Gasteiger partial charge in [0.2, 0.25) is 0 Å². The molecule has 14 rings (SSSR count). The summed E-state index contributed by atoms with van der Waals surface area (Å²) in [5.41, 5.74) is 30.8. The number of nitrogens with zero attached hydrogens (tertiary/aromatic N) is 2. The van der Waals surface area contributed by atoms with E-state index in [0.717, 1.165) is 12.8 Å². The van der Waals surface area contributed by atoms with Gasteiger partial charge >= 0.3 is 0 Å². The van der Waals surface area contributed by atoms with Gasteiger partial charge < -0.3 is 9.80 Å². The maximum atomic E-state index is 2.63. The van der Waals surface area contributed by atoms with Crippen molar-refractivity contribution in [3.63, 3.8) is 0 Å². The highest BCUT2D eigenvalue weighted by Crippen LogP contribution is 2.64. The van der Waals surface area contributed by atoms with Gasteiger partial charge in [0.25, 0.3) is 0 Å². The second kappa shape index (κ2) is 17.4. The minimum atomic E-state index is -0.151. The summed E-state index contributed by atoms with van der Waals surface area (Å²) in [6.07, 6.45) is 14.6. The highest BCUT2D eigenvalue weighted by molar-refractivity contribution is 6.00. The summed E-state index contributed by atoms with van der Waals surface area (Å²) >= 11 is 0. The lowest BCUT2D eigenvalue weighted by Gasteiger charge is -2.43. The van der Waals surface area contributed by atoms with Crippen LogP contribution in [0.2, 0.25) is 0 Å². The van der Waals surface area contributed by atoms with Crippen molar-refractivity contribution >= 4 is 34.1 Å². The molecule has 394 valence electrons. The highest BCUT2D eigenvalue weighted by atomic mass is 15.2. The molecule has 2 saturated carbocycles. The molecule has 0 aromatic heterocycles. The summed E-state index contributed by atoms with van der Waals surface area (Å²) in [4.78, 5) is 5.21. The first-order valence-corrected chi connectivity index (χ1v) is 30.2. The minimum Gasteiger partial charge on any atom is -0.310 e. The lowest BCUT2D eigenvalue weighted by molar-refractivity contribution is 0.352. The molecule has 2 fully saturated rings. The van der Waals surface area contributed by atoms with Crippen molar-refractivity contribution in [2.75, 3.05) is 9.80 Å². The van der Waals surface area contributed by atoms with Gasteiger partial charge in [-0.25, -0.2) is 0 Å². The average Bonchev–Trinajstić information content (AvgIpc) is 4.07. The van der Waals surface area contributed by atoms with Crippen LogP contribution in [0.5, 0.6) is 0 Å². The molecule has 0 unspecified atom stereocenters. The van der Waals surface area contributed by atoms with E-state index in [4.69, 9.17) is 0 Å². The van der Waals surface area contributed by atoms with E-state index >= 15 is 0 Å². The van der Waals surface area contributed by atoms with Gasteiger partial charge in [0.05, 0.1) is 22.7 Å². The molecule has 2 nitrogen and oxygen atoms in total. The topological polar surface area (TPSA) is 6.48 Å². The van der Waals surface area contributed by atoms with Crippen LogP contribution in [0.15, 0.2) is 158 Å². The average molecular weight is 1020 g/mol. The highest BCUT2D eigenvalue weighted by Gasteiger charge is 2.49. The van der Waals surface area contributed by atoms with Gasteiger partial charge in [0, 0.05) is 33.0 Å². The van der Waals surface area contributed by atoms with Crippen LogP contribution in [0.4, 0.5) is 34.1 Å². The molecule has 2 heterocycles. The van der Waals surface area contributed by atoms with Gasteiger partial charge in [0.1, 0.15) is 0 Å². The van der Waals surface area contributed by atoms with Gasteiger partial charge in [-0.1, -0.05) is 217 Å². The molecule has 78 heavy (non-hydrogen) atoms. The van der Waals surface area contributed by atoms with E-state index in [-0.39, 0.29) is 32.5 Å². The Morgan fingerprint density at radius 2 is 0.782 bits per heavy atom. The molecule has 8 aromatic carbocycles. The summed E-state index contributed by atoms with van der Waals surface area (Å²) in [6.45, 7) is 24.0. The van der Waals surface area contributed by atoms with Gasteiger partial charge in [0.15, 0.2) is 0 Å². The van der Waals surface area contributed by atoms with E-state index in [0.29, 0.717) is 0 Å². The van der Waals surface area contributed by atoms with Gasteiger partial charge in [-0.15, -0.1) is 0 Å². The van der Waals surface area contributed by atoms with Crippen LogP contribution in [0, 0.1) is 0 Å². The van der Waals surface area contributed by atoms with E-state index in [1.807, 2.05) is 0 Å². The smallest absolute Gasteiger partial charge is 0.0502 e. The predicted octanol–water partition coefficient (Wildman–Crippen LogP) is 21.4. The number of rotatable bonds is 7. The molecule has 4 aliphatic carbocycles. The molecule has 0 radical (unpaired) electrons. The van der Waals surface area contributed by atoms with Crippen LogP contribution >= 0.6 is 0 Å². The number of fused-ring (bicyclic) bond motifs is 14. The molecule has 2 aliphatic heterocycles. The fourth-order valence-corrected chi connectivity index (χ4v) is 16.5. The van der Waals surface area contributed by atoms with Crippen molar-refractivity contribution in [1.82, 2.24) is 0 Å². The van der Waals surface area contributed by atoms with Crippen molar-refractivity contribution in [2.24, 2.45) is 0 Å². The molecule has 6 aliphatic rings. The number of hydrogen-bond acceptors (Lipinski definition) is 2. The lowest BCUT2D eigenvalue weighted by Crippen LogP contribution is -2.31. The molecule has 0 bridgehead atoms. The van der Waals surface area contributed by atoms with Crippen molar-refractivity contribution < 1.29 is 0 Å². The largest absolute Gasteiger partial charge is 0.310 e. The van der Waals surface area contributed by atoms with Crippen LogP contribution in [0.1, 0.15) is 202 Å². The number of para-hydroxylation sites is 2. The van der Waals surface area contributed by atoms with Crippen LogP contribution in [0.25, 0.3) is 33.4 Å². The Kier molecular flexibility index (Phi) is 11.1. The summed E-state index contributed by atoms with van der Waals surface area (Å²) < 4.78 is 0. The Morgan fingerprint density at radius 3 is 1.31 bits per heavy atom. The molecule has 8 aromatic rings. The lowest BCUT2D eigenvalue weighted by atomic mass is 9.65. The molecular weight excluding hydrogens is 941 g/mol. The van der Waals surface area contributed by atoms with Crippen molar-refractivity contribution in [3.8, 4) is 33.4 Å². The summed E-state index contributed by atoms with van der Waals surface area (Å²) in [6, 6.07) is 63.5. The Bertz CT molecular complexity index is 3750. The van der Waals surface area contributed by atoms with E-state index in [1.165, 1.54) is 171 Å².